The number of esters is 1. The number of rotatable bonds is 7. The number of methoxy groups -OCH3 is 1. The van der Waals surface area contributed by atoms with E-state index in [1.165, 1.54) is 42.0 Å². The van der Waals surface area contributed by atoms with Gasteiger partial charge in [0.05, 0.1) is 19.2 Å². The predicted molar refractivity (Wildman–Crippen MR) is 123 cm³/mol. The zero-order valence-corrected chi connectivity index (χ0v) is 18.7. The van der Waals surface area contributed by atoms with Gasteiger partial charge < -0.3 is 18.6 Å². The van der Waals surface area contributed by atoms with Crippen molar-refractivity contribution in [1.29, 1.82) is 0 Å². The Morgan fingerprint density at radius 3 is 2.56 bits per heavy atom. The highest BCUT2D eigenvalue weighted by Gasteiger charge is 2.31. The molecule has 0 fully saturated rings. The molecule has 0 spiro atoms. The Hall–Kier alpha value is -4.67. The minimum Gasteiger partial charge on any atom is -0.466 e. The zero-order chi connectivity index (χ0) is 25.7. The highest BCUT2D eigenvalue weighted by molar-refractivity contribution is 5.86. The van der Waals surface area contributed by atoms with Crippen molar-refractivity contribution < 1.29 is 32.0 Å². The molecule has 0 amide bonds. The molecule has 0 saturated carbocycles. The van der Waals surface area contributed by atoms with Crippen LogP contribution in [0.25, 0.3) is 28.9 Å². The summed E-state index contributed by atoms with van der Waals surface area (Å²) in [4.78, 5) is 28.0. The fourth-order valence-corrected chi connectivity index (χ4v) is 3.27. The first kappa shape index (κ1) is 24.5. The van der Waals surface area contributed by atoms with Gasteiger partial charge in [-0.15, -0.1) is 13.2 Å². The molecule has 2 aromatic carbocycles. The van der Waals surface area contributed by atoms with Crippen LogP contribution in [0, 0.1) is 0 Å². The van der Waals surface area contributed by atoms with Gasteiger partial charge in [0.2, 0.25) is 5.82 Å². The summed E-state index contributed by atoms with van der Waals surface area (Å²) in [6.45, 7) is 0.244. The molecule has 0 unspecified atom stereocenters. The summed E-state index contributed by atoms with van der Waals surface area (Å²) in [5.74, 6) is -0.559. The lowest BCUT2D eigenvalue weighted by Crippen LogP contribution is -2.19. The number of hydrogen-bond acceptors (Lipinski definition) is 7. The maximum atomic E-state index is 12.4. The average molecular weight is 497 g/mol. The fraction of sp³-hybridized carbons (Fsp3) is 0.120. The number of ether oxygens (including phenoxy) is 2. The molecule has 184 valence electrons. The van der Waals surface area contributed by atoms with E-state index in [-0.39, 0.29) is 29.6 Å². The lowest BCUT2D eigenvalue weighted by molar-refractivity contribution is -0.274. The minimum absolute atomic E-state index is 0.129. The smallest absolute Gasteiger partial charge is 0.466 e. The second kappa shape index (κ2) is 10.3. The van der Waals surface area contributed by atoms with Crippen LogP contribution in [0.2, 0.25) is 0 Å². The molecule has 0 aliphatic heterocycles. The van der Waals surface area contributed by atoms with Gasteiger partial charge >= 0.3 is 12.3 Å². The van der Waals surface area contributed by atoms with Crippen LogP contribution in [-0.4, -0.2) is 34.1 Å². The van der Waals surface area contributed by atoms with Gasteiger partial charge in [-0.1, -0.05) is 23.4 Å². The number of halogens is 3. The number of alkyl halides is 3. The highest BCUT2D eigenvalue weighted by Crippen LogP contribution is 2.26. The summed E-state index contributed by atoms with van der Waals surface area (Å²) in [6, 6.07) is 15.2. The van der Waals surface area contributed by atoms with E-state index in [4.69, 9.17) is 4.52 Å². The normalized spacial score (nSPS) is 11.6. The lowest BCUT2D eigenvalue weighted by Gasteiger charge is -2.08. The van der Waals surface area contributed by atoms with Crippen LogP contribution in [0.3, 0.4) is 0 Å². The van der Waals surface area contributed by atoms with E-state index in [1.807, 2.05) is 18.2 Å². The Balaban J connectivity index is 1.53. The first-order valence-corrected chi connectivity index (χ1v) is 10.5. The Bertz CT molecular complexity index is 1460. The number of benzene rings is 2. The van der Waals surface area contributed by atoms with Crippen LogP contribution in [0.4, 0.5) is 13.2 Å². The molecule has 36 heavy (non-hydrogen) atoms. The standard InChI is InChI=1S/C25H18F3N3O5/c1-34-22(33)12-5-16-3-2-4-17(13-16)14-31-15-19(8-11-21(31)32)24-29-23(30-36-24)18-6-9-20(10-7-18)35-25(26,27)28/h2-13,15H,14H2,1H3/b12-5+. The van der Waals surface area contributed by atoms with Crippen molar-refractivity contribution >= 4 is 12.0 Å². The first-order valence-electron chi connectivity index (χ1n) is 10.5. The second-order valence-corrected chi connectivity index (χ2v) is 7.48. The van der Waals surface area contributed by atoms with E-state index >= 15 is 0 Å². The number of aromatic nitrogens is 3. The number of pyridine rings is 1. The summed E-state index contributed by atoms with van der Waals surface area (Å²) in [5, 5.41) is 3.87. The van der Waals surface area contributed by atoms with Crippen molar-refractivity contribution in [2.75, 3.05) is 7.11 Å². The van der Waals surface area contributed by atoms with E-state index in [9.17, 15) is 22.8 Å². The first-order chi connectivity index (χ1) is 17.2. The van der Waals surface area contributed by atoms with Crippen LogP contribution >= 0.6 is 0 Å². The third-order valence-electron chi connectivity index (χ3n) is 4.92. The van der Waals surface area contributed by atoms with Gasteiger partial charge in [-0.05, 0) is 53.6 Å². The molecule has 4 aromatic rings. The quantitative estimate of drug-likeness (QED) is 0.270. The van der Waals surface area contributed by atoms with Gasteiger partial charge in [0.15, 0.2) is 0 Å². The third-order valence-corrected chi connectivity index (χ3v) is 4.92. The average Bonchev–Trinajstić information content (AvgIpc) is 3.34. The van der Waals surface area contributed by atoms with Crippen LogP contribution in [-0.2, 0) is 16.1 Å². The molecule has 0 aliphatic carbocycles. The molecular weight excluding hydrogens is 479 g/mol. The predicted octanol–water partition coefficient (Wildman–Crippen LogP) is 4.70. The molecule has 2 aromatic heterocycles. The summed E-state index contributed by atoms with van der Waals surface area (Å²) >= 11 is 0. The molecule has 0 aliphatic rings. The summed E-state index contributed by atoms with van der Waals surface area (Å²) < 4.78 is 52.2. The van der Waals surface area contributed by atoms with E-state index in [1.54, 1.807) is 18.3 Å². The number of nitrogens with zero attached hydrogens (tertiary/aromatic N) is 3. The van der Waals surface area contributed by atoms with Gasteiger partial charge in [-0.3, -0.25) is 4.79 Å². The van der Waals surface area contributed by atoms with Crippen LogP contribution < -0.4 is 10.3 Å². The summed E-state index contributed by atoms with van der Waals surface area (Å²) in [7, 11) is 1.29. The molecule has 8 nitrogen and oxygen atoms in total. The van der Waals surface area contributed by atoms with Gasteiger partial charge in [0.25, 0.3) is 11.4 Å². The minimum atomic E-state index is -4.79. The molecule has 0 bridgehead atoms. The number of hydrogen-bond donors (Lipinski definition) is 0. The lowest BCUT2D eigenvalue weighted by atomic mass is 10.1. The number of carbonyl (C=O) groups excluding carboxylic acids is 1. The van der Waals surface area contributed by atoms with E-state index in [0.29, 0.717) is 11.1 Å². The Morgan fingerprint density at radius 2 is 1.83 bits per heavy atom. The fourth-order valence-electron chi connectivity index (χ4n) is 3.27. The summed E-state index contributed by atoms with van der Waals surface area (Å²) in [5.41, 5.74) is 2.22. The zero-order valence-electron chi connectivity index (χ0n) is 18.7. The molecule has 11 heteroatoms. The second-order valence-electron chi connectivity index (χ2n) is 7.48. The van der Waals surface area contributed by atoms with Gasteiger partial charge in [-0.25, -0.2) is 4.79 Å². The topological polar surface area (TPSA) is 96.5 Å². The van der Waals surface area contributed by atoms with Crippen molar-refractivity contribution in [2.24, 2.45) is 0 Å². The molecule has 2 heterocycles. The molecule has 4 rings (SSSR count). The monoisotopic (exact) mass is 497 g/mol. The molecule has 0 saturated heterocycles. The van der Waals surface area contributed by atoms with Crippen molar-refractivity contribution in [3.05, 3.63) is 94.4 Å². The molecular formula is C25H18F3N3O5. The maximum Gasteiger partial charge on any atom is 0.573 e. The van der Waals surface area contributed by atoms with Gasteiger partial charge in [0, 0.05) is 23.9 Å². The van der Waals surface area contributed by atoms with Crippen LogP contribution in [0.15, 0.2) is 82.3 Å². The largest absolute Gasteiger partial charge is 0.573 e. The van der Waals surface area contributed by atoms with Crippen LogP contribution in [0.5, 0.6) is 5.75 Å². The van der Waals surface area contributed by atoms with Crippen molar-refractivity contribution in [3.63, 3.8) is 0 Å². The Morgan fingerprint density at radius 1 is 1.08 bits per heavy atom. The summed E-state index contributed by atoms with van der Waals surface area (Å²) in [6.07, 6.45) is -0.311. The number of carbonyl (C=O) groups is 1. The Kier molecular flexibility index (Phi) is 7.00. The Labute approximate surface area is 202 Å². The molecule has 0 atom stereocenters. The van der Waals surface area contributed by atoms with E-state index < -0.39 is 12.3 Å². The molecule has 0 N–H and O–H groups in total. The van der Waals surface area contributed by atoms with E-state index in [2.05, 4.69) is 19.6 Å². The van der Waals surface area contributed by atoms with Gasteiger partial charge in [-0.2, -0.15) is 4.98 Å². The van der Waals surface area contributed by atoms with Crippen molar-refractivity contribution in [3.8, 4) is 28.6 Å². The van der Waals surface area contributed by atoms with Gasteiger partial charge in [0.1, 0.15) is 5.75 Å². The van der Waals surface area contributed by atoms with Crippen molar-refractivity contribution in [1.82, 2.24) is 14.7 Å². The highest BCUT2D eigenvalue weighted by atomic mass is 19.4. The molecule has 0 radical (unpaired) electrons. The van der Waals surface area contributed by atoms with Crippen LogP contribution in [0.1, 0.15) is 11.1 Å². The van der Waals surface area contributed by atoms with Crippen molar-refractivity contribution in [2.45, 2.75) is 12.9 Å². The SMILES string of the molecule is COC(=O)/C=C/c1cccc(Cn2cc(-c3nc(-c4ccc(OC(F)(F)F)cc4)no3)ccc2=O)c1. The third kappa shape index (κ3) is 6.26. The van der Waals surface area contributed by atoms with E-state index in [0.717, 1.165) is 23.3 Å². The maximum absolute atomic E-state index is 12.4.